The van der Waals surface area contributed by atoms with Gasteiger partial charge in [0.15, 0.2) is 0 Å². The maximum Gasteiger partial charge on any atom is 0.228 e. The number of fused-ring (bicyclic) bond motifs is 2. The molecule has 23 heavy (non-hydrogen) atoms. The lowest BCUT2D eigenvalue weighted by atomic mass is 10.0. The van der Waals surface area contributed by atoms with Crippen LogP contribution in [0.5, 0.6) is 0 Å². The molecular weight excluding hydrogens is 360 g/mol. The summed E-state index contributed by atoms with van der Waals surface area (Å²) in [6, 6.07) is 4.34. The normalized spacial score (nSPS) is 37.0. The van der Waals surface area contributed by atoms with Crippen molar-refractivity contribution in [2.75, 3.05) is 5.32 Å². The third-order valence-electron chi connectivity index (χ3n) is 5.81. The standard InChI is InChI=1S/C17H17Cl3FNO/c18-13-6-1-8(7-14(13)21)22-16(23)15-9-2-4-11-12(17(11,19)20)5-3-10(9)15/h1,6-7,9-12,15H,2-5H2,(H,22,23)/t9-,10+,11-,12-,15?/m0/s1. The van der Waals surface area contributed by atoms with Gasteiger partial charge in [-0.2, -0.15) is 0 Å². The maximum atomic E-state index is 13.5. The van der Waals surface area contributed by atoms with Crippen molar-refractivity contribution in [3.63, 3.8) is 0 Å². The fraction of sp³-hybridized carbons (Fsp3) is 0.588. The minimum atomic E-state index is -0.532. The van der Waals surface area contributed by atoms with Gasteiger partial charge in [-0.3, -0.25) is 4.79 Å². The number of rotatable bonds is 2. The molecule has 2 nitrogen and oxygen atoms in total. The average Bonchev–Trinajstić information content (AvgIpc) is 3.27. The SMILES string of the molecule is O=C(Nc1ccc(Cl)c(F)c1)C1[C@H]2CC[C@H]3[C@H](CC[C@@H]12)C3(Cl)Cl. The number of carbonyl (C=O) groups excluding carboxylic acids is 1. The molecule has 0 bridgehead atoms. The third-order valence-corrected chi connectivity index (χ3v) is 7.24. The van der Waals surface area contributed by atoms with Crippen LogP contribution < -0.4 is 5.32 Å². The van der Waals surface area contributed by atoms with Crippen LogP contribution in [-0.4, -0.2) is 10.2 Å². The molecule has 0 saturated heterocycles. The van der Waals surface area contributed by atoms with Gasteiger partial charge in [0.1, 0.15) is 10.2 Å². The number of amides is 1. The Kier molecular flexibility index (Phi) is 3.82. The molecule has 4 rings (SSSR count). The summed E-state index contributed by atoms with van der Waals surface area (Å²) in [6.45, 7) is 0. The van der Waals surface area contributed by atoms with Crippen molar-refractivity contribution in [1.29, 1.82) is 0 Å². The molecule has 0 radical (unpaired) electrons. The quantitative estimate of drug-likeness (QED) is 0.700. The largest absolute Gasteiger partial charge is 0.326 e. The van der Waals surface area contributed by atoms with Crippen LogP contribution >= 0.6 is 34.8 Å². The van der Waals surface area contributed by atoms with E-state index in [1.165, 1.54) is 12.1 Å². The van der Waals surface area contributed by atoms with Crippen molar-refractivity contribution in [3.05, 3.63) is 29.0 Å². The van der Waals surface area contributed by atoms with E-state index in [-0.39, 0.29) is 16.8 Å². The molecular formula is C17H17Cl3FNO. The van der Waals surface area contributed by atoms with E-state index in [0.29, 0.717) is 29.4 Å². The predicted octanol–water partition coefficient (Wildman–Crippen LogP) is 5.27. The summed E-state index contributed by atoms with van der Waals surface area (Å²) in [4.78, 5) is 12.5. The molecule has 3 aliphatic carbocycles. The summed E-state index contributed by atoms with van der Waals surface area (Å²) in [7, 11) is 0. The van der Waals surface area contributed by atoms with Gasteiger partial charge in [0.25, 0.3) is 0 Å². The summed E-state index contributed by atoms with van der Waals surface area (Å²) >= 11 is 18.2. The smallest absolute Gasteiger partial charge is 0.228 e. The topological polar surface area (TPSA) is 29.1 Å². The average molecular weight is 377 g/mol. The molecule has 5 atom stereocenters. The zero-order valence-corrected chi connectivity index (χ0v) is 14.6. The molecule has 0 spiro atoms. The molecule has 124 valence electrons. The zero-order valence-electron chi connectivity index (χ0n) is 12.4. The van der Waals surface area contributed by atoms with E-state index >= 15 is 0 Å². The molecule has 0 aromatic heterocycles. The molecule has 0 heterocycles. The number of nitrogens with one attached hydrogen (secondary N) is 1. The Morgan fingerprint density at radius 3 is 2.30 bits per heavy atom. The van der Waals surface area contributed by atoms with Gasteiger partial charge in [-0.05, 0) is 67.6 Å². The number of anilines is 1. The van der Waals surface area contributed by atoms with Crippen LogP contribution in [0.2, 0.25) is 5.02 Å². The van der Waals surface area contributed by atoms with E-state index in [0.717, 1.165) is 25.7 Å². The lowest BCUT2D eigenvalue weighted by Crippen LogP contribution is -2.16. The number of alkyl halides is 2. The van der Waals surface area contributed by atoms with E-state index in [9.17, 15) is 9.18 Å². The second-order valence-corrected chi connectivity index (χ2v) is 8.87. The van der Waals surface area contributed by atoms with E-state index in [1.54, 1.807) is 6.07 Å². The number of benzene rings is 1. The lowest BCUT2D eigenvalue weighted by Gasteiger charge is -2.06. The molecule has 1 amide bonds. The first-order valence-corrected chi connectivity index (χ1v) is 9.16. The predicted molar refractivity (Wildman–Crippen MR) is 90.4 cm³/mol. The maximum absolute atomic E-state index is 13.5. The summed E-state index contributed by atoms with van der Waals surface area (Å²) in [5, 5.41) is 2.87. The van der Waals surface area contributed by atoms with Crippen LogP contribution in [0.1, 0.15) is 25.7 Å². The van der Waals surface area contributed by atoms with Crippen LogP contribution in [0, 0.1) is 35.4 Å². The molecule has 1 unspecified atom stereocenters. The number of carbonyl (C=O) groups is 1. The van der Waals surface area contributed by atoms with Crippen molar-refractivity contribution in [2.45, 2.75) is 30.0 Å². The zero-order chi connectivity index (χ0) is 16.4. The Bertz CT molecular complexity index is 643. The molecule has 1 aromatic rings. The first kappa shape index (κ1) is 16.0. The minimum Gasteiger partial charge on any atom is -0.326 e. The third kappa shape index (κ3) is 2.75. The van der Waals surface area contributed by atoms with Gasteiger partial charge in [-0.15, -0.1) is 23.2 Å². The highest BCUT2D eigenvalue weighted by atomic mass is 35.5. The van der Waals surface area contributed by atoms with Gasteiger partial charge in [0.05, 0.1) is 5.02 Å². The second-order valence-electron chi connectivity index (χ2n) is 7.01. The number of halogens is 4. The fourth-order valence-corrected chi connectivity index (χ4v) is 5.45. The Hall–Kier alpha value is -0.510. The highest BCUT2D eigenvalue weighted by Crippen LogP contribution is 2.67. The first-order chi connectivity index (χ1) is 10.9. The molecule has 3 aliphatic rings. The molecule has 1 N–H and O–H groups in total. The van der Waals surface area contributed by atoms with Gasteiger partial charge in [0, 0.05) is 11.6 Å². The Labute approximate surface area is 149 Å². The Morgan fingerprint density at radius 2 is 1.74 bits per heavy atom. The van der Waals surface area contributed by atoms with E-state index < -0.39 is 10.2 Å². The molecule has 3 saturated carbocycles. The summed E-state index contributed by atoms with van der Waals surface area (Å²) < 4.78 is 12.9. The number of hydrogen-bond acceptors (Lipinski definition) is 1. The van der Waals surface area contributed by atoms with Gasteiger partial charge in [0.2, 0.25) is 5.91 Å². The first-order valence-electron chi connectivity index (χ1n) is 8.03. The van der Waals surface area contributed by atoms with Gasteiger partial charge >= 0.3 is 0 Å². The monoisotopic (exact) mass is 375 g/mol. The summed E-state index contributed by atoms with van der Waals surface area (Å²) in [5.41, 5.74) is 0.458. The van der Waals surface area contributed by atoms with Crippen LogP contribution in [0.25, 0.3) is 0 Å². The van der Waals surface area contributed by atoms with Gasteiger partial charge in [-0.1, -0.05) is 11.6 Å². The molecule has 1 aromatic carbocycles. The molecule has 0 aliphatic heterocycles. The van der Waals surface area contributed by atoms with Crippen LogP contribution in [0.15, 0.2) is 18.2 Å². The van der Waals surface area contributed by atoms with E-state index in [4.69, 9.17) is 34.8 Å². The van der Waals surface area contributed by atoms with Crippen molar-refractivity contribution >= 4 is 46.4 Å². The highest BCUT2D eigenvalue weighted by molar-refractivity contribution is 6.51. The van der Waals surface area contributed by atoms with Crippen molar-refractivity contribution in [3.8, 4) is 0 Å². The van der Waals surface area contributed by atoms with Crippen LogP contribution in [0.3, 0.4) is 0 Å². The minimum absolute atomic E-state index is 0.0136. The van der Waals surface area contributed by atoms with Crippen molar-refractivity contribution in [2.24, 2.45) is 29.6 Å². The summed E-state index contributed by atoms with van der Waals surface area (Å²) in [6.07, 6.45) is 4.00. The second kappa shape index (κ2) is 5.50. The van der Waals surface area contributed by atoms with Crippen LogP contribution in [0.4, 0.5) is 10.1 Å². The van der Waals surface area contributed by atoms with E-state index in [1.807, 2.05) is 0 Å². The molecule has 6 heteroatoms. The van der Waals surface area contributed by atoms with Crippen molar-refractivity contribution in [1.82, 2.24) is 0 Å². The van der Waals surface area contributed by atoms with Crippen LogP contribution in [-0.2, 0) is 4.79 Å². The number of hydrogen-bond donors (Lipinski definition) is 1. The highest BCUT2D eigenvalue weighted by Gasteiger charge is 2.65. The van der Waals surface area contributed by atoms with E-state index in [2.05, 4.69) is 5.32 Å². The van der Waals surface area contributed by atoms with Crippen molar-refractivity contribution < 1.29 is 9.18 Å². The Morgan fingerprint density at radius 1 is 1.13 bits per heavy atom. The molecule has 3 fully saturated rings. The van der Waals surface area contributed by atoms with Gasteiger partial charge in [-0.25, -0.2) is 4.39 Å². The van der Waals surface area contributed by atoms with Gasteiger partial charge < -0.3 is 5.32 Å². The Balaban J connectivity index is 1.38. The summed E-state index contributed by atoms with van der Waals surface area (Å²) in [5.74, 6) is 1.11. The fourth-order valence-electron chi connectivity index (χ4n) is 4.41. The lowest BCUT2D eigenvalue weighted by molar-refractivity contribution is -0.117.